The zero-order valence-corrected chi connectivity index (χ0v) is 9.26. The molecular formula is C12H21O. The van der Waals surface area contributed by atoms with Crippen LogP contribution >= 0.6 is 0 Å². The summed E-state index contributed by atoms with van der Waals surface area (Å²) in [7, 11) is 0. The third kappa shape index (κ3) is 1.03. The van der Waals surface area contributed by atoms with Crippen LogP contribution in [0.4, 0.5) is 0 Å². The monoisotopic (exact) mass is 181 g/mol. The van der Waals surface area contributed by atoms with Crippen LogP contribution in [-0.2, 0) is 4.74 Å². The van der Waals surface area contributed by atoms with Crippen LogP contribution in [0, 0.1) is 23.4 Å². The second-order valence-electron chi connectivity index (χ2n) is 5.47. The molecule has 0 aromatic rings. The Morgan fingerprint density at radius 1 is 1.31 bits per heavy atom. The standard InChI is InChI=1S/C12H21O/c1-5-13-10-8-9-6-7-12(10,4)11(9,2)3/h5,9-10H,6-8H2,1-4H3. The van der Waals surface area contributed by atoms with Crippen molar-refractivity contribution in [3.8, 4) is 0 Å². The lowest BCUT2D eigenvalue weighted by atomic mass is 9.70. The maximum atomic E-state index is 5.75. The lowest BCUT2D eigenvalue weighted by molar-refractivity contribution is -0.0159. The van der Waals surface area contributed by atoms with Gasteiger partial charge < -0.3 is 4.74 Å². The molecule has 0 aromatic heterocycles. The third-order valence-corrected chi connectivity index (χ3v) is 5.01. The molecule has 1 heteroatoms. The van der Waals surface area contributed by atoms with Crippen LogP contribution in [0.5, 0.6) is 0 Å². The fraction of sp³-hybridized carbons (Fsp3) is 0.917. The van der Waals surface area contributed by atoms with Gasteiger partial charge in [0.2, 0.25) is 0 Å². The van der Waals surface area contributed by atoms with Gasteiger partial charge in [0.05, 0.1) is 12.7 Å². The average Bonchev–Trinajstić information content (AvgIpc) is 2.37. The van der Waals surface area contributed by atoms with Gasteiger partial charge in [-0.2, -0.15) is 0 Å². The largest absolute Gasteiger partial charge is 0.372 e. The molecule has 3 atom stereocenters. The van der Waals surface area contributed by atoms with Crippen LogP contribution in [-0.4, -0.2) is 6.10 Å². The zero-order chi connectivity index (χ0) is 9.69. The SMILES string of the molecule is C[CH]OC1CC2CCC1(C)C2(C)C. The summed E-state index contributed by atoms with van der Waals surface area (Å²) >= 11 is 0. The van der Waals surface area contributed by atoms with Crippen LogP contribution < -0.4 is 0 Å². The summed E-state index contributed by atoms with van der Waals surface area (Å²) in [4.78, 5) is 0. The van der Waals surface area contributed by atoms with Crippen molar-refractivity contribution < 1.29 is 4.74 Å². The molecule has 0 saturated heterocycles. The molecule has 2 fully saturated rings. The molecule has 0 aliphatic heterocycles. The molecule has 2 saturated carbocycles. The van der Waals surface area contributed by atoms with Crippen molar-refractivity contribution >= 4 is 0 Å². The predicted molar refractivity (Wildman–Crippen MR) is 54.1 cm³/mol. The third-order valence-electron chi connectivity index (χ3n) is 5.01. The van der Waals surface area contributed by atoms with E-state index in [1.807, 2.05) is 13.5 Å². The van der Waals surface area contributed by atoms with Crippen LogP contribution in [0.3, 0.4) is 0 Å². The lowest BCUT2D eigenvalue weighted by Gasteiger charge is -2.38. The van der Waals surface area contributed by atoms with Crippen molar-refractivity contribution in [1.82, 2.24) is 0 Å². The number of fused-ring (bicyclic) bond motifs is 2. The second kappa shape index (κ2) is 2.73. The van der Waals surface area contributed by atoms with Crippen molar-refractivity contribution in [2.24, 2.45) is 16.7 Å². The molecule has 2 rings (SSSR count). The Morgan fingerprint density at radius 3 is 2.38 bits per heavy atom. The minimum Gasteiger partial charge on any atom is -0.372 e. The predicted octanol–water partition coefficient (Wildman–Crippen LogP) is 3.40. The average molecular weight is 181 g/mol. The summed E-state index contributed by atoms with van der Waals surface area (Å²) in [6, 6.07) is 0. The van der Waals surface area contributed by atoms with E-state index in [4.69, 9.17) is 4.74 Å². The highest BCUT2D eigenvalue weighted by atomic mass is 16.5. The van der Waals surface area contributed by atoms with Crippen LogP contribution in [0.15, 0.2) is 0 Å². The summed E-state index contributed by atoms with van der Waals surface area (Å²) in [5.41, 5.74) is 0.908. The van der Waals surface area contributed by atoms with E-state index < -0.39 is 0 Å². The maximum Gasteiger partial charge on any atom is 0.0810 e. The maximum absolute atomic E-state index is 5.75. The molecule has 2 aliphatic carbocycles. The summed E-state index contributed by atoms with van der Waals surface area (Å²) in [5, 5.41) is 0. The van der Waals surface area contributed by atoms with E-state index in [2.05, 4.69) is 20.8 Å². The van der Waals surface area contributed by atoms with Crippen molar-refractivity contribution in [3.05, 3.63) is 6.61 Å². The minimum atomic E-state index is 0.421. The second-order valence-corrected chi connectivity index (χ2v) is 5.47. The van der Waals surface area contributed by atoms with E-state index in [0.717, 1.165) is 5.92 Å². The normalized spacial score (nSPS) is 47.1. The van der Waals surface area contributed by atoms with Crippen LogP contribution in [0.2, 0.25) is 0 Å². The molecule has 3 unspecified atom stereocenters. The molecular weight excluding hydrogens is 160 g/mol. The Morgan fingerprint density at radius 2 is 2.00 bits per heavy atom. The van der Waals surface area contributed by atoms with Crippen LogP contribution in [0.1, 0.15) is 47.0 Å². The topological polar surface area (TPSA) is 9.23 Å². The molecule has 2 bridgehead atoms. The van der Waals surface area contributed by atoms with Gasteiger partial charge >= 0.3 is 0 Å². The van der Waals surface area contributed by atoms with Gasteiger partial charge in [0, 0.05) is 0 Å². The number of hydrogen-bond acceptors (Lipinski definition) is 1. The van der Waals surface area contributed by atoms with E-state index in [9.17, 15) is 0 Å². The first-order valence-electron chi connectivity index (χ1n) is 5.45. The minimum absolute atomic E-state index is 0.421. The van der Waals surface area contributed by atoms with Gasteiger partial charge in [0.25, 0.3) is 0 Å². The molecule has 1 nitrogen and oxygen atoms in total. The van der Waals surface area contributed by atoms with Crippen molar-refractivity contribution in [2.75, 3.05) is 0 Å². The van der Waals surface area contributed by atoms with E-state index >= 15 is 0 Å². The number of ether oxygens (including phenoxy) is 1. The highest BCUT2D eigenvalue weighted by molar-refractivity contribution is 5.11. The van der Waals surface area contributed by atoms with Gasteiger partial charge in [-0.1, -0.05) is 20.8 Å². The van der Waals surface area contributed by atoms with Gasteiger partial charge in [0.1, 0.15) is 0 Å². The van der Waals surface area contributed by atoms with Crippen molar-refractivity contribution in [3.63, 3.8) is 0 Å². The lowest BCUT2D eigenvalue weighted by Crippen LogP contribution is -2.36. The Bertz CT molecular complexity index is 209. The quantitative estimate of drug-likeness (QED) is 0.634. The summed E-state index contributed by atoms with van der Waals surface area (Å²) < 4.78 is 5.75. The number of hydrogen-bond donors (Lipinski definition) is 0. The summed E-state index contributed by atoms with van der Waals surface area (Å²) in [5.74, 6) is 0.891. The van der Waals surface area contributed by atoms with Gasteiger partial charge in [-0.3, -0.25) is 0 Å². The molecule has 0 aromatic carbocycles. The number of rotatable bonds is 2. The molecule has 0 spiro atoms. The Hall–Kier alpha value is -0.0400. The Labute approximate surface area is 81.9 Å². The molecule has 0 amide bonds. The van der Waals surface area contributed by atoms with Crippen molar-refractivity contribution in [1.29, 1.82) is 0 Å². The van der Waals surface area contributed by atoms with Gasteiger partial charge in [-0.15, -0.1) is 0 Å². The molecule has 1 radical (unpaired) electrons. The first kappa shape index (κ1) is 9.51. The van der Waals surface area contributed by atoms with Crippen molar-refractivity contribution in [2.45, 2.75) is 53.1 Å². The Kier molecular flexibility index (Phi) is 1.99. The molecule has 13 heavy (non-hydrogen) atoms. The van der Waals surface area contributed by atoms with Gasteiger partial charge in [-0.05, 0) is 42.9 Å². The van der Waals surface area contributed by atoms with E-state index in [1.165, 1.54) is 19.3 Å². The smallest absolute Gasteiger partial charge is 0.0810 e. The Balaban J connectivity index is 2.22. The first-order valence-corrected chi connectivity index (χ1v) is 5.45. The molecule has 0 heterocycles. The molecule has 2 aliphatic rings. The van der Waals surface area contributed by atoms with E-state index in [1.54, 1.807) is 0 Å². The fourth-order valence-electron chi connectivity index (χ4n) is 3.50. The van der Waals surface area contributed by atoms with E-state index in [0.29, 0.717) is 16.9 Å². The van der Waals surface area contributed by atoms with E-state index in [-0.39, 0.29) is 0 Å². The van der Waals surface area contributed by atoms with Crippen LogP contribution in [0.25, 0.3) is 0 Å². The first-order chi connectivity index (χ1) is 6.02. The van der Waals surface area contributed by atoms with Gasteiger partial charge in [0.15, 0.2) is 0 Å². The highest BCUT2D eigenvalue weighted by Gasteiger charge is 2.61. The summed E-state index contributed by atoms with van der Waals surface area (Å²) in [6.07, 6.45) is 4.51. The molecule has 0 N–H and O–H groups in total. The van der Waals surface area contributed by atoms with Gasteiger partial charge in [-0.25, -0.2) is 0 Å². The fourth-order valence-corrected chi connectivity index (χ4v) is 3.50. The summed E-state index contributed by atoms with van der Waals surface area (Å²) in [6.45, 7) is 11.1. The highest BCUT2D eigenvalue weighted by Crippen LogP contribution is 2.66. The molecule has 75 valence electrons. The zero-order valence-electron chi connectivity index (χ0n) is 9.26.